The van der Waals surface area contributed by atoms with Crippen LogP contribution >= 0.6 is 10.8 Å². The first-order chi connectivity index (χ1) is 13.9. The monoisotopic (exact) mass is 415 g/mol. The Hall–Kier alpha value is -3.08. The molecule has 0 fully saturated rings. The maximum Gasteiger partial charge on any atom is 0.267 e. The number of nitrogens with one attached hydrogen (secondary N) is 2. The van der Waals surface area contributed by atoms with Crippen molar-refractivity contribution in [1.82, 2.24) is 9.55 Å². The molecule has 9 nitrogen and oxygen atoms in total. The third kappa shape index (κ3) is 3.01. The summed E-state index contributed by atoms with van der Waals surface area (Å²) in [5.74, 6) is -0.417. The van der Waals surface area contributed by atoms with Crippen LogP contribution in [-0.2, 0) is 6.54 Å². The van der Waals surface area contributed by atoms with Gasteiger partial charge in [-0.1, -0.05) is 29.8 Å². The van der Waals surface area contributed by atoms with Crippen LogP contribution in [-0.4, -0.2) is 36.6 Å². The minimum Gasteiger partial charge on any atom is -0.506 e. The van der Waals surface area contributed by atoms with E-state index in [2.05, 4.69) is 20.0 Å². The van der Waals surface area contributed by atoms with Crippen molar-refractivity contribution < 1.29 is 14.2 Å². The van der Waals surface area contributed by atoms with Crippen LogP contribution in [0.1, 0.15) is 18.9 Å². The second-order valence-electron chi connectivity index (χ2n) is 6.57. The molecule has 29 heavy (non-hydrogen) atoms. The number of rotatable bonds is 4. The number of para-hydroxylation sites is 1. The summed E-state index contributed by atoms with van der Waals surface area (Å²) < 4.78 is 26.5. The van der Waals surface area contributed by atoms with E-state index < -0.39 is 16.3 Å². The molecule has 0 atom stereocenters. The molecule has 1 aliphatic heterocycles. The number of hydrogen-bond donors (Lipinski definition) is 5. The van der Waals surface area contributed by atoms with Crippen molar-refractivity contribution >= 4 is 39.0 Å². The molecule has 152 valence electrons. The summed E-state index contributed by atoms with van der Waals surface area (Å²) in [6, 6.07) is 8.29. The third-order valence-electron chi connectivity index (χ3n) is 4.73. The van der Waals surface area contributed by atoms with E-state index in [4.69, 9.17) is 0 Å². The Kier molecular flexibility index (Phi) is 4.69. The second-order valence-corrected chi connectivity index (χ2v) is 8.23. The van der Waals surface area contributed by atoms with Crippen molar-refractivity contribution in [3.63, 3.8) is 0 Å². The zero-order chi connectivity index (χ0) is 20.8. The molecule has 0 saturated heterocycles. The van der Waals surface area contributed by atoms with E-state index in [1.807, 2.05) is 6.92 Å². The molecule has 3 heterocycles. The lowest BCUT2D eigenvalue weighted by atomic mass is 10.1. The van der Waals surface area contributed by atoms with Crippen LogP contribution < -0.4 is 16.2 Å². The molecule has 0 radical (unpaired) electrons. The van der Waals surface area contributed by atoms with Crippen molar-refractivity contribution in [2.75, 3.05) is 17.7 Å². The molecule has 0 bridgehead atoms. The van der Waals surface area contributed by atoms with Crippen molar-refractivity contribution in [2.24, 2.45) is 4.40 Å². The first kappa shape index (κ1) is 19.2. The van der Waals surface area contributed by atoms with Gasteiger partial charge in [0.15, 0.2) is 5.84 Å². The molecule has 0 amide bonds. The molecular formula is C19H21N5O4S. The van der Waals surface area contributed by atoms with Crippen LogP contribution in [0.5, 0.6) is 5.75 Å². The number of amidine groups is 1. The highest BCUT2D eigenvalue weighted by Gasteiger charge is 2.30. The molecule has 5 N–H and O–H groups in total. The first-order valence-corrected chi connectivity index (χ1v) is 10.6. The molecule has 1 aliphatic rings. The van der Waals surface area contributed by atoms with E-state index in [1.54, 1.807) is 43.6 Å². The minimum absolute atomic E-state index is 0.0936. The lowest BCUT2D eigenvalue weighted by Crippen LogP contribution is -2.32. The molecular weight excluding hydrogens is 394 g/mol. The summed E-state index contributed by atoms with van der Waals surface area (Å²) in [6.45, 7) is 2.30. The molecule has 4 rings (SSSR count). The van der Waals surface area contributed by atoms with Gasteiger partial charge in [-0.3, -0.25) is 18.5 Å². The predicted molar refractivity (Wildman–Crippen MR) is 115 cm³/mol. The molecule has 10 heteroatoms. The van der Waals surface area contributed by atoms with Gasteiger partial charge in [-0.15, -0.1) is 4.40 Å². The van der Waals surface area contributed by atoms with Gasteiger partial charge in [-0.2, -0.15) is 0 Å². The molecule has 3 aromatic rings. The van der Waals surface area contributed by atoms with Gasteiger partial charge in [0, 0.05) is 19.8 Å². The number of anilines is 2. The van der Waals surface area contributed by atoms with Crippen LogP contribution in [0.2, 0.25) is 0 Å². The molecule has 0 saturated carbocycles. The molecule has 0 spiro atoms. The Morgan fingerprint density at radius 3 is 2.72 bits per heavy atom. The number of aryl methyl sites for hydroxylation is 1. The molecule has 2 aromatic heterocycles. The van der Waals surface area contributed by atoms with Crippen molar-refractivity contribution in [1.29, 1.82) is 0 Å². The molecule has 1 aromatic carbocycles. The largest absolute Gasteiger partial charge is 0.506 e. The first-order valence-electron chi connectivity index (χ1n) is 9.05. The number of fused-ring (bicyclic) bond motifs is 2. The lowest BCUT2D eigenvalue weighted by Gasteiger charge is -2.34. The van der Waals surface area contributed by atoms with Gasteiger partial charge in [0.05, 0.1) is 16.8 Å². The molecule has 0 aliphatic carbocycles. The number of pyridine rings is 2. The van der Waals surface area contributed by atoms with Crippen LogP contribution in [0.3, 0.4) is 0 Å². The Morgan fingerprint density at radius 1 is 1.24 bits per heavy atom. The summed E-state index contributed by atoms with van der Waals surface area (Å²) in [4.78, 5) is 17.8. The van der Waals surface area contributed by atoms with E-state index in [0.717, 1.165) is 0 Å². The van der Waals surface area contributed by atoms with E-state index in [9.17, 15) is 19.0 Å². The lowest BCUT2D eigenvalue weighted by molar-refractivity contribution is 0.476. The second kappa shape index (κ2) is 7.07. The Balaban J connectivity index is 2.05. The standard InChI is InChI=1S/C19H21N5O4S/c1-3-10-24-18-14(12(20-2)8-9-21-18)16(25)15(19(24)26)17-22-11-6-4-5-7-13(11)29(27,28)23-17/h4-9,25,27-28H,3,10H2,1-2H3,(H,20,21)(H,22,23). The van der Waals surface area contributed by atoms with E-state index >= 15 is 0 Å². The number of hydrogen-bond acceptors (Lipinski definition) is 8. The quantitative estimate of drug-likeness (QED) is 0.441. The van der Waals surface area contributed by atoms with Crippen LogP contribution in [0.25, 0.3) is 11.0 Å². The fraction of sp³-hybridized carbons (Fsp3) is 0.211. The topological polar surface area (TPSA) is 132 Å². The van der Waals surface area contributed by atoms with Crippen LogP contribution in [0.4, 0.5) is 11.4 Å². The average Bonchev–Trinajstić information content (AvgIpc) is 2.70. The highest BCUT2D eigenvalue weighted by Crippen LogP contribution is 2.55. The predicted octanol–water partition coefficient (Wildman–Crippen LogP) is 3.45. The van der Waals surface area contributed by atoms with Gasteiger partial charge in [0.25, 0.3) is 5.56 Å². The third-order valence-corrected chi connectivity index (χ3v) is 6.11. The van der Waals surface area contributed by atoms with E-state index in [-0.39, 0.29) is 22.0 Å². The fourth-order valence-electron chi connectivity index (χ4n) is 3.44. The average molecular weight is 415 g/mol. The Bertz CT molecular complexity index is 1210. The number of aromatic hydroxyl groups is 1. The maximum absolute atomic E-state index is 13.3. The van der Waals surface area contributed by atoms with Gasteiger partial charge in [0.1, 0.15) is 21.9 Å². The number of aromatic nitrogens is 2. The Labute approximate surface area is 168 Å². The SMILES string of the molecule is CCCn1c(=O)c(C2=NS(O)(O)c3ccccc3N2)c(O)c2c(NC)ccnc21. The van der Waals surface area contributed by atoms with Gasteiger partial charge < -0.3 is 15.7 Å². The molecule has 0 unspecified atom stereocenters. The van der Waals surface area contributed by atoms with Gasteiger partial charge >= 0.3 is 0 Å². The summed E-state index contributed by atoms with van der Waals surface area (Å²) >= 11 is 0. The van der Waals surface area contributed by atoms with Crippen molar-refractivity contribution in [3.05, 3.63) is 52.4 Å². The summed E-state index contributed by atoms with van der Waals surface area (Å²) in [6.07, 6.45) is 2.23. The summed E-state index contributed by atoms with van der Waals surface area (Å²) in [5, 5.41) is 17.3. The summed E-state index contributed by atoms with van der Waals surface area (Å²) in [5.41, 5.74) is 0.692. The minimum atomic E-state index is -3.53. The zero-order valence-electron chi connectivity index (χ0n) is 15.9. The highest BCUT2D eigenvalue weighted by molar-refractivity contribution is 8.23. The van der Waals surface area contributed by atoms with Gasteiger partial charge in [-0.25, -0.2) is 4.98 Å². The van der Waals surface area contributed by atoms with Gasteiger partial charge in [0.2, 0.25) is 0 Å². The van der Waals surface area contributed by atoms with E-state index in [0.29, 0.717) is 35.4 Å². The van der Waals surface area contributed by atoms with Crippen molar-refractivity contribution in [2.45, 2.75) is 24.8 Å². The zero-order valence-corrected chi connectivity index (χ0v) is 16.7. The van der Waals surface area contributed by atoms with Crippen LogP contribution in [0, 0.1) is 0 Å². The Morgan fingerprint density at radius 2 is 2.00 bits per heavy atom. The number of nitrogens with zero attached hydrogens (tertiary/aromatic N) is 3. The van der Waals surface area contributed by atoms with Gasteiger partial charge in [-0.05, 0) is 24.6 Å². The maximum atomic E-state index is 13.3. The highest BCUT2D eigenvalue weighted by atomic mass is 32.3. The normalized spacial score (nSPS) is 15.9. The fourth-order valence-corrected chi connectivity index (χ4v) is 4.61. The van der Waals surface area contributed by atoms with Crippen molar-refractivity contribution in [3.8, 4) is 5.75 Å². The number of benzene rings is 1. The summed E-state index contributed by atoms with van der Waals surface area (Å²) in [7, 11) is -1.83. The smallest absolute Gasteiger partial charge is 0.267 e. The van der Waals surface area contributed by atoms with Crippen LogP contribution in [0.15, 0.2) is 50.6 Å². The van der Waals surface area contributed by atoms with E-state index in [1.165, 1.54) is 4.57 Å².